The van der Waals surface area contributed by atoms with Crippen molar-refractivity contribution in [1.29, 1.82) is 0 Å². The van der Waals surface area contributed by atoms with Gasteiger partial charge >= 0.3 is 0 Å². The molecule has 0 saturated heterocycles. The second-order valence-electron chi connectivity index (χ2n) is 4.86. The molecule has 1 rings (SSSR count). The molecule has 0 heterocycles. The number of rotatable bonds is 7. The highest BCUT2D eigenvalue weighted by Crippen LogP contribution is 2.20. The number of sulfonamides is 1. The first-order chi connectivity index (χ1) is 9.27. The summed E-state index contributed by atoms with van der Waals surface area (Å²) in [6.07, 6.45) is 1.28. The van der Waals surface area contributed by atoms with Gasteiger partial charge in [0.25, 0.3) is 0 Å². The van der Waals surface area contributed by atoms with Crippen molar-refractivity contribution in [3.05, 3.63) is 18.2 Å². The number of benzene rings is 1. The quantitative estimate of drug-likeness (QED) is 0.563. The van der Waals surface area contributed by atoms with Gasteiger partial charge in [-0.3, -0.25) is 0 Å². The van der Waals surface area contributed by atoms with E-state index in [9.17, 15) is 13.5 Å². The first kappa shape index (κ1) is 16.7. The normalized spacial score (nSPS) is 13.4. The van der Waals surface area contributed by atoms with Crippen molar-refractivity contribution in [1.82, 2.24) is 0 Å². The lowest BCUT2D eigenvalue weighted by Crippen LogP contribution is -2.27. The van der Waals surface area contributed by atoms with Crippen molar-refractivity contribution in [3.63, 3.8) is 0 Å². The molecular weight excluding hydrogens is 278 g/mol. The van der Waals surface area contributed by atoms with Crippen LogP contribution in [-0.4, -0.2) is 26.2 Å². The van der Waals surface area contributed by atoms with Gasteiger partial charge in [0, 0.05) is 17.9 Å². The Bertz CT molecular complexity index is 542. The third-order valence-corrected chi connectivity index (χ3v) is 4.26. The maximum absolute atomic E-state index is 11.3. The third-order valence-electron chi connectivity index (χ3n) is 3.37. The maximum atomic E-state index is 11.3. The van der Waals surface area contributed by atoms with E-state index in [1.54, 1.807) is 6.07 Å². The standard InChI is InChI=1S/C13H23N3O3S/c1-3-9(4-2)13(17)8-16-11-5-10(14)6-12(7-11)20(15,18)19/h5-7,9,13,16-17H,3-4,8,14H2,1-2H3,(H2,15,18,19). The molecule has 6 nitrogen and oxygen atoms in total. The summed E-state index contributed by atoms with van der Waals surface area (Å²) in [4.78, 5) is -0.0444. The molecule has 1 atom stereocenters. The number of aliphatic hydroxyl groups is 1. The Kier molecular flexibility index (Phi) is 5.79. The summed E-state index contributed by atoms with van der Waals surface area (Å²) in [7, 11) is -3.79. The van der Waals surface area contributed by atoms with E-state index < -0.39 is 16.1 Å². The van der Waals surface area contributed by atoms with Gasteiger partial charge in [0.1, 0.15) is 0 Å². The minimum absolute atomic E-state index is 0.0444. The van der Waals surface area contributed by atoms with E-state index in [-0.39, 0.29) is 10.8 Å². The molecule has 1 unspecified atom stereocenters. The number of hydrogen-bond acceptors (Lipinski definition) is 5. The smallest absolute Gasteiger partial charge is 0.238 e. The topological polar surface area (TPSA) is 118 Å². The molecule has 0 aromatic heterocycles. The zero-order valence-electron chi connectivity index (χ0n) is 11.8. The van der Waals surface area contributed by atoms with Crippen LogP contribution in [0, 0.1) is 5.92 Å². The molecule has 114 valence electrons. The lowest BCUT2D eigenvalue weighted by Gasteiger charge is -2.21. The number of nitrogens with one attached hydrogen (secondary N) is 1. The molecule has 0 aliphatic rings. The molecule has 20 heavy (non-hydrogen) atoms. The molecule has 0 fully saturated rings. The number of anilines is 2. The first-order valence-corrected chi connectivity index (χ1v) is 8.17. The van der Waals surface area contributed by atoms with Crippen molar-refractivity contribution in [2.75, 3.05) is 17.6 Å². The highest BCUT2D eigenvalue weighted by molar-refractivity contribution is 7.89. The van der Waals surface area contributed by atoms with Crippen LogP contribution in [0.5, 0.6) is 0 Å². The van der Waals surface area contributed by atoms with Gasteiger partial charge in [0.15, 0.2) is 0 Å². The summed E-state index contributed by atoms with van der Waals surface area (Å²) < 4.78 is 22.6. The number of primary sulfonamides is 1. The minimum atomic E-state index is -3.79. The predicted octanol–water partition coefficient (Wildman–Crippen LogP) is 1.13. The second kappa shape index (κ2) is 6.92. The lowest BCUT2D eigenvalue weighted by atomic mass is 9.96. The Morgan fingerprint density at radius 3 is 2.35 bits per heavy atom. The molecule has 0 saturated carbocycles. The number of aliphatic hydroxyl groups excluding tert-OH is 1. The Hall–Kier alpha value is -1.31. The monoisotopic (exact) mass is 301 g/mol. The van der Waals surface area contributed by atoms with E-state index in [2.05, 4.69) is 5.32 Å². The highest BCUT2D eigenvalue weighted by atomic mass is 32.2. The largest absolute Gasteiger partial charge is 0.399 e. The summed E-state index contributed by atoms with van der Waals surface area (Å²) in [5.74, 6) is 0.210. The molecule has 0 aliphatic carbocycles. The van der Waals surface area contributed by atoms with Crippen LogP contribution in [0.1, 0.15) is 26.7 Å². The molecule has 0 radical (unpaired) electrons. The molecule has 7 heteroatoms. The van der Waals surface area contributed by atoms with Crippen molar-refractivity contribution in [2.45, 2.75) is 37.7 Å². The van der Waals surface area contributed by atoms with Crippen LogP contribution in [0.25, 0.3) is 0 Å². The Labute approximate surface area is 120 Å². The van der Waals surface area contributed by atoms with Crippen LogP contribution in [-0.2, 0) is 10.0 Å². The molecule has 0 bridgehead atoms. The number of nitrogen functional groups attached to an aromatic ring is 1. The highest BCUT2D eigenvalue weighted by Gasteiger charge is 2.16. The zero-order chi connectivity index (χ0) is 15.3. The van der Waals surface area contributed by atoms with Crippen LogP contribution in [0.4, 0.5) is 11.4 Å². The van der Waals surface area contributed by atoms with E-state index in [1.165, 1.54) is 12.1 Å². The van der Waals surface area contributed by atoms with E-state index in [1.807, 2.05) is 13.8 Å². The van der Waals surface area contributed by atoms with E-state index in [0.717, 1.165) is 12.8 Å². The van der Waals surface area contributed by atoms with Crippen molar-refractivity contribution in [3.8, 4) is 0 Å². The van der Waals surface area contributed by atoms with Crippen LogP contribution in [0.2, 0.25) is 0 Å². The first-order valence-electron chi connectivity index (χ1n) is 6.63. The molecule has 0 aliphatic heterocycles. The van der Waals surface area contributed by atoms with Crippen molar-refractivity contribution >= 4 is 21.4 Å². The number of hydrogen-bond donors (Lipinski definition) is 4. The van der Waals surface area contributed by atoms with Gasteiger partial charge in [-0.1, -0.05) is 26.7 Å². The predicted molar refractivity (Wildman–Crippen MR) is 80.8 cm³/mol. The fourth-order valence-electron chi connectivity index (χ4n) is 2.11. The average molecular weight is 301 g/mol. The number of nitrogens with two attached hydrogens (primary N) is 2. The maximum Gasteiger partial charge on any atom is 0.238 e. The van der Waals surface area contributed by atoms with Crippen LogP contribution < -0.4 is 16.2 Å². The van der Waals surface area contributed by atoms with E-state index in [0.29, 0.717) is 17.9 Å². The fourth-order valence-corrected chi connectivity index (χ4v) is 2.70. The minimum Gasteiger partial charge on any atom is -0.399 e. The van der Waals surface area contributed by atoms with Crippen LogP contribution >= 0.6 is 0 Å². The molecule has 6 N–H and O–H groups in total. The summed E-state index contributed by atoms with van der Waals surface area (Å²) in [6, 6.07) is 4.32. The summed E-state index contributed by atoms with van der Waals surface area (Å²) >= 11 is 0. The summed E-state index contributed by atoms with van der Waals surface area (Å²) in [5.41, 5.74) is 6.48. The van der Waals surface area contributed by atoms with Gasteiger partial charge < -0.3 is 16.2 Å². The van der Waals surface area contributed by atoms with Gasteiger partial charge in [0.05, 0.1) is 11.0 Å². The van der Waals surface area contributed by atoms with Crippen LogP contribution in [0.15, 0.2) is 23.1 Å². The Morgan fingerprint density at radius 1 is 1.25 bits per heavy atom. The van der Waals surface area contributed by atoms with Gasteiger partial charge in [-0.25, -0.2) is 13.6 Å². The molecule has 1 aromatic rings. The van der Waals surface area contributed by atoms with Crippen LogP contribution in [0.3, 0.4) is 0 Å². The Balaban J connectivity index is 2.81. The van der Waals surface area contributed by atoms with Gasteiger partial charge in [0.2, 0.25) is 10.0 Å². The molecule has 0 amide bonds. The second-order valence-corrected chi connectivity index (χ2v) is 6.42. The van der Waals surface area contributed by atoms with E-state index in [4.69, 9.17) is 10.9 Å². The molecular formula is C13H23N3O3S. The lowest BCUT2D eigenvalue weighted by molar-refractivity contribution is 0.114. The van der Waals surface area contributed by atoms with Gasteiger partial charge in [-0.15, -0.1) is 0 Å². The van der Waals surface area contributed by atoms with Crippen molar-refractivity contribution < 1.29 is 13.5 Å². The molecule has 1 aromatic carbocycles. The zero-order valence-corrected chi connectivity index (χ0v) is 12.7. The third kappa shape index (κ3) is 4.66. The Morgan fingerprint density at radius 2 is 1.85 bits per heavy atom. The van der Waals surface area contributed by atoms with Gasteiger partial charge in [-0.05, 0) is 24.1 Å². The SMILES string of the molecule is CCC(CC)C(O)CNc1cc(N)cc(S(N)(=O)=O)c1. The van der Waals surface area contributed by atoms with E-state index >= 15 is 0 Å². The molecule has 0 spiro atoms. The average Bonchev–Trinajstić information content (AvgIpc) is 2.36. The summed E-state index contributed by atoms with van der Waals surface area (Å²) in [5, 5.41) is 18.1. The summed E-state index contributed by atoms with van der Waals surface area (Å²) in [6.45, 7) is 4.38. The van der Waals surface area contributed by atoms with Gasteiger partial charge in [-0.2, -0.15) is 0 Å². The fraction of sp³-hybridized carbons (Fsp3) is 0.538. The van der Waals surface area contributed by atoms with Crippen molar-refractivity contribution in [2.24, 2.45) is 11.1 Å².